The molecule has 0 aliphatic carbocycles. The number of carbonyl (C=O) groups is 2. The molecule has 0 saturated carbocycles. The Kier molecular flexibility index (Phi) is 7.97. The third-order valence-corrected chi connectivity index (χ3v) is 7.76. The number of rotatable bonds is 8. The van der Waals surface area contributed by atoms with Gasteiger partial charge in [0.05, 0.1) is 17.9 Å². The lowest BCUT2D eigenvalue weighted by molar-refractivity contribution is -0.151. The van der Waals surface area contributed by atoms with Crippen molar-refractivity contribution in [1.29, 1.82) is 0 Å². The number of benzene rings is 2. The summed E-state index contributed by atoms with van der Waals surface area (Å²) in [5.74, 6) is -0.888. The summed E-state index contributed by atoms with van der Waals surface area (Å²) in [6, 6.07) is 18.4. The fourth-order valence-electron chi connectivity index (χ4n) is 3.98. The largest absolute Gasteiger partial charge is 0.493 e. The SMILES string of the molecule is COc1cccnc1NC(=O)c1cccc(S(=O)(=O)N2CCCC(C(=O)OCc3ccccc3)C2)c1. The fraction of sp³-hybridized carbons (Fsp3) is 0.269. The fourth-order valence-corrected chi connectivity index (χ4v) is 5.55. The van der Waals surface area contributed by atoms with E-state index in [1.165, 1.54) is 41.9 Å². The van der Waals surface area contributed by atoms with Gasteiger partial charge in [-0.05, 0) is 48.7 Å². The van der Waals surface area contributed by atoms with Crippen molar-refractivity contribution in [2.24, 2.45) is 5.92 Å². The molecule has 1 amide bonds. The molecule has 1 atom stereocenters. The summed E-state index contributed by atoms with van der Waals surface area (Å²) in [4.78, 5) is 29.5. The quantitative estimate of drug-likeness (QED) is 0.462. The Balaban J connectivity index is 1.44. The summed E-state index contributed by atoms with van der Waals surface area (Å²) in [5, 5.41) is 2.64. The molecule has 1 aromatic heterocycles. The van der Waals surface area contributed by atoms with Crippen LogP contribution >= 0.6 is 0 Å². The Hall–Kier alpha value is -3.76. The summed E-state index contributed by atoms with van der Waals surface area (Å²) in [5.41, 5.74) is 1.02. The number of ether oxygens (including phenoxy) is 2. The maximum atomic E-state index is 13.4. The van der Waals surface area contributed by atoms with Gasteiger partial charge in [-0.25, -0.2) is 13.4 Å². The van der Waals surface area contributed by atoms with E-state index < -0.39 is 27.8 Å². The number of methoxy groups -OCH3 is 1. The van der Waals surface area contributed by atoms with Crippen LogP contribution < -0.4 is 10.1 Å². The highest BCUT2D eigenvalue weighted by Crippen LogP contribution is 2.26. The van der Waals surface area contributed by atoms with E-state index in [1.54, 1.807) is 12.1 Å². The molecule has 188 valence electrons. The van der Waals surface area contributed by atoms with Gasteiger partial charge in [-0.15, -0.1) is 0 Å². The molecule has 4 rings (SSSR count). The van der Waals surface area contributed by atoms with E-state index in [4.69, 9.17) is 9.47 Å². The van der Waals surface area contributed by atoms with E-state index in [-0.39, 0.29) is 36.0 Å². The zero-order chi connectivity index (χ0) is 25.5. The maximum Gasteiger partial charge on any atom is 0.310 e. The van der Waals surface area contributed by atoms with Crippen LogP contribution in [0.15, 0.2) is 77.8 Å². The second-order valence-corrected chi connectivity index (χ2v) is 10.3. The second kappa shape index (κ2) is 11.3. The van der Waals surface area contributed by atoms with Crippen molar-refractivity contribution >= 4 is 27.7 Å². The van der Waals surface area contributed by atoms with Gasteiger partial charge < -0.3 is 14.8 Å². The van der Waals surface area contributed by atoms with Gasteiger partial charge in [0, 0.05) is 24.8 Å². The number of aromatic nitrogens is 1. The Morgan fingerprint density at radius 3 is 2.67 bits per heavy atom. The molecular formula is C26H27N3O6S. The van der Waals surface area contributed by atoms with Crippen molar-refractivity contribution in [3.8, 4) is 5.75 Å². The molecule has 0 radical (unpaired) electrons. The molecule has 1 saturated heterocycles. The predicted molar refractivity (Wildman–Crippen MR) is 133 cm³/mol. The first-order chi connectivity index (χ1) is 17.4. The molecule has 1 aliphatic rings. The lowest BCUT2D eigenvalue weighted by atomic mass is 10.00. The minimum Gasteiger partial charge on any atom is -0.493 e. The van der Waals surface area contributed by atoms with Crippen LogP contribution in [0.5, 0.6) is 5.75 Å². The first-order valence-corrected chi connectivity index (χ1v) is 12.9. The third kappa shape index (κ3) is 5.89. The van der Waals surface area contributed by atoms with Crippen LogP contribution in [0.25, 0.3) is 0 Å². The van der Waals surface area contributed by atoms with Crippen LogP contribution in [0.2, 0.25) is 0 Å². The molecule has 0 spiro atoms. The molecule has 9 nitrogen and oxygen atoms in total. The number of carbonyl (C=O) groups excluding carboxylic acids is 2. The summed E-state index contributed by atoms with van der Waals surface area (Å²) in [7, 11) is -2.47. The van der Waals surface area contributed by atoms with Gasteiger partial charge in [-0.1, -0.05) is 36.4 Å². The average molecular weight is 510 g/mol. The van der Waals surface area contributed by atoms with Crippen LogP contribution in [-0.4, -0.2) is 49.8 Å². The predicted octanol–water partition coefficient (Wildman–Crippen LogP) is 3.49. The molecular weight excluding hydrogens is 482 g/mol. The van der Waals surface area contributed by atoms with Gasteiger partial charge in [0.1, 0.15) is 6.61 Å². The zero-order valence-electron chi connectivity index (χ0n) is 19.8. The van der Waals surface area contributed by atoms with Crippen molar-refractivity contribution in [2.45, 2.75) is 24.3 Å². The molecule has 1 N–H and O–H groups in total. The average Bonchev–Trinajstić information content (AvgIpc) is 2.92. The van der Waals surface area contributed by atoms with Gasteiger partial charge in [-0.3, -0.25) is 9.59 Å². The van der Waals surface area contributed by atoms with Crippen molar-refractivity contribution in [3.05, 3.63) is 84.1 Å². The van der Waals surface area contributed by atoms with Crippen LogP contribution in [0.4, 0.5) is 5.82 Å². The lowest BCUT2D eigenvalue weighted by Gasteiger charge is -2.30. The van der Waals surface area contributed by atoms with E-state index in [9.17, 15) is 18.0 Å². The monoisotopic (exact) mass is 509 g/mol. The Morgan fingerprint density at radius 1 is 1.08 bits per heavy atom. The number of amides is 1. The van der Waals surface area contributed by atoms with E-state index in [2.05, 4.69) is 10.3 Å². The zero-order valence-corrected chi connectivity index (χ0v) is 20.6. The first kappa shape index (κ1) is 25.3. The van der Waals surface area contributed by atoms with Crippen LogP contribution in [0, 0.1) is 5.92 Å². The number of nitrogens with one attached hydrogen (secondary N) is 1. The third-order valence-electron chi connectivity index (χ3n) is 5.90. The summed E-state index contributed by atoms with van der Waals surface area (Å²) in [6.45, 7) is 0.449. The second-order valence-electron chi connectivity index (χ2n) is 8.33. The van der Waals surface area contributed by atoms with E-state index in [0.717, 1.165) is 5.56 Å². The number of hydrogen-bond acceptors (Lipinski definition) is 7. The number of esters is 1. The van der Waals surface area contributed by atoms with E-state index >= 15 is 0 Å². The molecule has 1 fully saturated rings. The van der Waals surface area contributed by atoms with Crippen LogP contribution in [-0.2, 0) is 26.2 Å². The molecule has 0 bridgehead atoms. The number of sulfonamides is 1. The number of pyridine rings is 1. The molecule has 36 heavy (non-hydrogen) atoms. The smallest absolute Gasteiger partial charge is 0.310 e. The topological polar surface area (TPSA) is 115 Å². The van der Waals surface area contributed by atoms with Gasteiger partial charge in [0.25, 0.3) is 5.91 Å². The summed E-state index contributed by atoms with van der Waals surface area (Å²) in [6.07, 6.45) is 2.59. The van der Waals surface area contributed by atoms with E-state index in [1.807, 2.05) is 30.3 Å². The van der Waals surface area contributed by atoms with Gasteiger partial charge in [0.2, 0.25) is 10.0 Å². The highest BCUT2D eigenvalue weighted by Gasteiger charge is 2.34. The van der Waals surface area contributed by atoms with Crippen molar-refractivity contribution in [1.82, 2.24) is 9.29 Å². The van der Waals surface area contributed by atoms with Crippen LogP contribution in [0.1, 0.15) is 28.8 Å². The molecule has 10 heteroatoms. The summed E-state index contributed by atoms with van der Waals surface area (Å²) >= 11 is 0. The molecule has 1 unspecified atom stereocenters. The van der Waals surface area contributed by atoms with Crippen molar-refractivity contribution in [3.63, 3.8) is 0 Å². The normalized spacial score (nSPS) is 16.2. The lowest BCUT2D eigenvalue weighted by Crippen LogP contribution is -2.42. The maximum absolute atomic E-state index is 13.4. The van der Waals surface area contributed by atoms with Gasteiger partial charge in [0.15, 0.2) is 11.6 Å². The van der Waals surface area contributed by atoms with Crippen molar-refractivity contribution < 1.29 is 27.5 Å². The number of nitrogens with zero attached hydrogens (tertiary/aromatic N) is 2. The van der Waals surface area contributed by atoms with Crippen LogP contribution in [0.3, 0.4) is 0 Å². The highest BCUT2D eigenvalue weighted by molar-refractivity contribution is 7.89. The molecule has 2 aromatic carbocycles. The number of anilines is 1. The standard InChI is InChI=1S/C26H27N3O6S/c1-34-23-13-6-14-27-24(23)28-25(30)20-10-5-12-22(16-20)36(32,33)29-15-7-11-21(17-29)26(31)35-18-19-8-3-2-4-9-19/h2-6,8-10,12-14,16,21H,7,11,15,17-18H2,1H3,(H,27,28,30). The highest BCUT2D eigenvalue weighted by atomic mass is 32.2. The Bertz CT molecular complexity index is 1330. The summed E-state index contributed by atoms with van der Waals surface area (Å²) < 4.78 is 38.7. The van der Waals surface area contributed by atoms with E-state index in [0.29, 0.717) is 18.6 Å². The first-order valence-electron chi connectivity index (χ1n) is 11.5. The molecule has 3 aromatic rings. The molecule has 2 heterocycles. The molecule has 1 aliphatic heterocycles. The minimum atomic E-state index is -3.93. The number of piperidine rings is 1. The van der Waals surface area contributed by atoms with Crippen molar-refractivity contribution in [2.75, 3.05) is 25.5 Å². The Labute approximate surface area is 210 Å². The Morgan fingerprint density at radius 2 is 1.89 bits per heavy atom. The van der Waals surface area contributed by atoms with Gasteiger partial charge in [-0.2, -0.15) is 4.31 Å². The van der Waals surface area contributed by atoms with Gasteiger partial charge >= 0.3 is 5.97 Å². The number of hydrogen-bond donors (Lipinski definition) is 1. The minimum absolute atomic E-state index is 0.0253.